The van der Waals surface area contributed by atoms with Crippen molar-refractivity contribution in [3.8, 4) is 23.6 Å². The first-order chi connectivity index (χ1) is 66.4. The van der Waals surface area contributed by atoms with Crippen LogP contribution in [0.3, 0.4) is 0 Å². The number of azide groups is 1. The molecule has 1 aromatic heterocycles. The lowest BCUT2D eigenvalue weighted by atomic mass is 9.77. The van der Waals surface area contributed by atoms with Crippen LogP contribution >= 0.6 is 0 Å². The molecule has 36 nitrogen and oxygen atoms in total. The number of Topliss-reactive ketones (excluding diaryl/α,β-unsaturated/α-hetero) is 2. The minimum Gasteiger partial charge on any atom is -0.459 e. The molecule has 0 unspecified atom stereocenters. The van der Waals surface area contributed by atoms with E-state index in [9.17, 15) is 70.2 Å². The fourth-order valence-electron chi connectivity index (χ4n) is 21.8. The molecular weight excluding hydrogens is 1830 g/mol. The van der Waals surface area contributed by atoms with E-state index < -0.39 is 198 Å². The number of unbranched alkanes of at least 4 members (excludes halogenated alkanes) is 4. The van der Waals surface area contributed by atoms with Gasteiger partial charge in [-0.1, -0.05) is 107 Å². The van der Waals surface area contributed by atoms with Gasteiger partial charge in [-0.15, -0.1) is 11.5 Å². The number of aliphatic hydroxyl groups is 10. The number of likely N-dealkylation sites (N-methyl/N-ethyl adjacent to an activating group) is 4. The van der Waals surface area contributed by atoms with Crippen LogP contribution in [0.4, 0.5) is 0 Å². The standard InChI is InChI=1S/C53H89N5O13.C46H76N2O12.C7H13N3O/c1-15-42-53(11,65)46(61)36(7)56(12)28-31(2)26-51(9,64)48(34(5)45(35(6)49(63)69-42)70-43-27-52(10,66-14)47(62)37(8)68-43)71-50-44(60)41(25-33(4)67-50)57(13)29-38-20-22-39(23-21-38)40-30-58(55-54-40)24-18-16-17-19-32(3)59;1-15-32-17-19-33(20-18-32)25-48(13)34-21-27(4)56-43(37(34)49)60-41-28(5)38(59-36-23-45(10,55-14)40(51)31(8)57-36)29(6)42(52)58-35(16-2)46(11,54)39(50)30(7)47(12)24-26(3)22-44(41,9)53;1-7(11)5-3-2-4-6-9-10-8/h20-23,30-31,33-37,41-48,50,60-62,64-65H,15-19,24-29H2,1-14H3;1,17-20,26-31,34-41,43,49-51,53-54H,16,21-25H2,2-14H3;2-6H2,1H3/t31-,33-,34+,35-,36-,37+,41+,42-,43-,44+,45-,46-,47-,48+,50+,51-,52+,53-;26-,27-,28+,29-,30-,31+,34+,35-,36+,37+,38+,39-,40+,41-,43+,44-,45-,46-;/m11./s1. The molecule has 808 valence electrons. The Kier molecular flexibility index (Phi) is 47.4. The molecule has 0 saturated carbocycles. The molecule has 36 heteroatoms. The molecule has 0 amide bonds. The van der Waals surface area contributed by atoms with Crippen molar-refractivity contribution in [1.82, 2.24) is 34.6 Å². The molecule has 142 heavy (non-hydrogen) atoms. The third kappa shape index (κ3) is 33.1. The van der Waals surface area contributed by atoms with Gasteiger partial charge in [0.05, 0.1) is 89.3 Å². The number of nitrogens with zero attached hydrogens (tertiary/aromatic N) is 10. The molecule has 9 rings (SSSR count). The highest BCUT2D eigenvalue weighted by atomic mass is 16.7. The lowest BCUT2D eigenvalue weighted by Gasteiger charge is -2.49. The maximum atomic E-state index is 14.5. The van der Waals surface area contributed by atoms with Crippen molar-refractivity contribution < 1.29 is 127 Å². The van der Waals surface area contributed by atoms with Gasteiger partial charge in [-0.05, 0) is 244 Å². The largest absolute Gasteiger partial charge is 0.459 e. The summed E-state index contributed by atoms with van der Waals surface area (Å²) in [5.41, 5.74) is 3.43. The molecule has 6 fully saturated rings. The molecule has 36 atom stereocenters. The van der Waals surface area contributed by atoms with Gasteiger partial charge in [0.2, 0.25) is 0 Å². The van der Waals surface area contributed by atoms with E-state index in [-0.39, 0.29) is 80.2 Å². The van der Waals surface area contributed by atoms with E-state index in [1.165, 1.54) is 28.1 Å². The zero-order valence-corrected chi connectivity index (χ0v) is 90.1. The molecule has 6 saturated heterocycles. The topological polar surface area (TPSA) is 474 Å². The number of aromatic nitrogens is 3. The average molecular weight is 2010 g/mol. The minimum atomic E-state index is -1.83. The van der Waals surface area contributed by atoms with Crippen molar-refractivity contribution in [2.45, 2.75) is 455 Å². The summed E-state index contributed by atoms with van der Waals surface area (Å²) >= 11 is 0. The Labute approximate surface area is 844 Å². The molecule has 0 radical (unpaired) electrons. The molecule has 7 heterocycles. The SMILES string of the molecule is C#Cc1ccc(CN(C)[C@H]2C[C@@H](C)O[C@@H](O[C@@H]3[C@@H](C)[C@H](O[C@H]4C[C@@](C)(OC)[C@@H](O)[C@H](C)O4)[C@@H](C)C(=O)O[C@H](CC)[C@@](C)(O)[C@H](O)[C@@H](C)N(C)C[C@H](C)C[C@@]3(C)O)[C@H]2O)cc1.CC(=O)CCCCCN=[N+]=[N-].CC[C@H]1OC(=O)[C@H](C)[C@H](O[C@@H]2C[C@](C)(OC)[C@H](O)[C@H](C)O2)[C@H](C)[C@H](O[C@@H]2O[C@H](C)C[C@H](N(C)Cc3ccc(-c4cn(CCCCCC(C)=O)nn4)cc3)[C@@H]2O)[C@](C)(O)C[C@@H](C)CN(C)[C@H](C)[C@@H](O)[C@]1(C)O. The van der Waals surface area contributed by atoms with E-state index >= 15 is 0 Å². The van der Waals surface area contributed by atoms with E-state index in [1.807, 2.05) is 139 Å². The van der Waals surface area contributed by atoms with Crippen molar-refractivity contribution >= 4 is 23.5 Å². The summed E-state index contributed by atoms with van der Waals surface area (Å²) in [6, 6.07) is 13.9. The van der Waals surface area contributed by atoms with E-state index in [0.717, 1.165) is 73.0 Å². The lowest BCUT2D eigenvalue weighted by molar-refractivity contribution is -0.318. The third-order valence-electron chi connectivity index (χ3n) is 30.8. The van der Waals surface area contributed by atoms with E-state index in [4.69, 9.17) is 68.8 Å². The second kappa shape index (κ2) is 54.8. The first-order valence-corrected chi connectivity index (χ1v) is 51.5. The van der Waals surface area contributed by atoms with Crippen molar-refractivity contribution in [2.75, 3.05) is 62.0 Å². The van der Waals surface area contributed by atoms with Gasteiger partial charge in [-0.3, -0.25) is 24.1 Å². The van der Waals surface area contributed by atoms with Crippen LogP contribution in [0.15, 0.2) is 59.8 Å². The van der Waals surface area contributed by atoms with Crippen LogP contribution in [0.2, 0.25) is 0 Å². The number of rotatable bonds is 31. The van der Waals surface area contributed by atoms with Crippen molar-refractivity contribution in [3.05, 3.63) is 81.9 Å². The summed E-state index contributed by atoms with van der Waals surface area (Å²) in [6.07, 6.45) is -3.50. The molecule has 2 aromatic carbocycles. The first-order valence-electron chi connectivity index (χ1n) is 51.5. The van der Waals surface area contributed by atoms with Crippen LogP contribution in [-0.2, 0) is 95.7 Å². The summed E-state index contributed by atoms with van der Waals surface area (Å²) in [7, 11) is 10.6. The molecule has 10 N–H and O–H groups in total. The molecule has 0 spiro atoms. The Hall–Kier alpha value is -6.23. The Morgan fingerprint density at radius 1 is 0.556 bits per heavy atom. The smallest absolute Gasteiger partial charge is 0.311 e. The number of carbonyl (C=O) groups is 4. The number of carbonyl (C=O) groups excluding carboxylic acids is 4. The average Bonchev–Trinajstić information content (AvgIpc) is 1.18. The number of hydrogen-bond acceptors (Lipinski definition) is 33. The Bertz CT molecular complexity index is 4420. The highest BCUT2D eigenvalue weighted by molar-refractivity contribution is 5.76. The normalized spacial score (nSPS) is 39.1. The van der Waals surface area contributed by atoms with Crippen LogP contribution in [0.1, 0.15) is 272 Å². The number of ketones is 2. The monoisotopic (exact) mass is 2010 g/mol. The molecular formula is C106H178N10O26. The Balaban J connectivity index is 0.000000352. The predicted molar refractivity (Wildman–Crippen MR) is 536 cm³/mol. The van der Waals surface area contributed by atoms with Gasteiger partial charge in [-0.25, -0.2) is 0 Å². The highest BCUT2D eigenvalue weighted by Crippen LogP contribution is 2.45. The van der Waals surface area contributed by atoms with E-state index in [2.05, 4.69) is 36.1 Å². The first kappa shape index (κ1) is 123. The predicted octanol–water partition coefficient (Wildman–Crippen LogP) is 10.8. The quantitative estimate of drug-likeness (QED) is 0.00714. The molecule has 6 aliphatic heterocycles. The van der Waals surface area contributed by atoms with Crippen molar-refractivity contribution in [3.63, 3.8) is 0 Å². The molecule has 0 aliphatic carbocycles. The fourth-order valence-corrected chi connectivity index (χ4v) is 21.8. The van der Waals surface area contributed by atoms with Gasteiger partial charge in [0.25, 0.3) is 0 Å². The number of aliphatic hydroxyl groups excluding tert-OH is 6. The van der Waals surface area contributed by atoms with Gasteiger partial charge in [0.1, 0.15) is 77.3 Å². The number of methoxy groups -OCH3 is 2. The minimum absolute atomic E-state index is 0.104. The van der Waals surface area contributed by atoms with Gasteiger partial charge >= 0.3 is 11.9 Å². The number of terminal acetylenes is 1. The maximum Gasteiger partial charge on any atom is 0.311 e. The fraction of sp³-hybridized carbons (Fsp3) is 0.811. The maximum absolute atomic E-state index is 14.5. The lowest BCUT2D eigenvalue weighted by Crippen LogP contribution is -2.60. The number of esters is 2. The second-order valence-electron chi connectivity index (χ2n) is 43.6. The van der Waals surface area contributed by atoms with Crippen molar-refractivity contribution in [1.29, 1.82) is 0 Å². The number of hydrogen-bond donors (Lipinski definition) is 10. The molecule has 0 bridgehead atoms. The van der Waals surface area contributed by atoms with E-state index in [1.54, 1.807) is 96.9 Å². The van der Waals surface area contributed by atoms with Gasteiger partial charge < -0.3 is 127 Å². The van der Waals surface area contributed by atoms with Gasteiger partial charge in [-0.2, -0.15) is 0 Å². The number of benzene rings is 2. The van der Waals surface area contributed by atoms with E-state index in [0.29, 0.717) is 58.4 Å². The Morgan fingerprint density at radius 2 is 0.944 bits per heavy atom. The summed E-state index contributed by atoms with van der Waals surface area (Å²) < 4.78 is 78.3. The van der Waals surface area contributed by atoms with Crippen LogP contribution in [0.25, 0.3) is 21.7 Å². The van der Waals surface area contributed by atoms with Crippen LogP contribution < -0.4 is 0 Å². The summed E-state index contributed by atoms with van der Waals surface area (Å²) in [5.74, 6) is -2.39. The van der Waals surface area contributed by atoms with Gasteiger partial charge in [0, 0.05) is 131 Å². The summed E-state index contributed by atoms with van der Waals surface area (Å²) in [5, 5.41) is 131. The highest BCUT2D eigenvalue weighted by Gasteiger charge is 2.57. The zero-order valence-electron chi connectivity index (χ0n) is 90.1. The van der Waals surface area contributed by atoms with Crippen LogP contribution in [-0.4, -0.2) is 352 Å². The zero-order chi connectivity index (χ0) is 106. The van der Waals surface area contributed by atoms with Crippen LogP contribution in [0.5, 0.6) is 0 Å². The number of aryl methyl sites for hydroxylation is 1. The summed E-state index contributed by atoms with van der Waals surface area (Å²) in [6.45, 7) is 41.6. The molecule has 3 aromatic rings. The van der Waals surface area contributed by atoms with Crippen molar-refractivity contribution in [2.24, 2.45) is 40.6 Å². The second-order valence-corrected chi connectivity index (χ2v) is 43.6. The number of ether oxygens (including phenoxy) is 12. The number of cyclic esters (lactones) is 2. The molecule has 6 aliphatic rings. The van der Waals surface area contributed by atoms with Crippen LogP contribution in [0, 0.1) is 47.9 Å². The Morgan fingerprint density at radius 3 is 1.31 bits per heavy atom. The summed E-state index contributed by atoms with van der Waals surface area (Å²) in [4.78, 5) is 61.2. The van der Waals surface area contributed by atoms with Gasteiger partial charge in [0.15, 0.2) is 25.2 Å². The third-order valence-corrected chi connectivity index (χ3v) is 30.8.